The first-order valence-corrected chi connectivity index (χ1v) is 7.00. The van der Waals surface area contributed by atoms with Crippen LogP contribution in [-0.2, 0) is 6.18 Å². The molecule has 0 amide bonds. The molecule has 2 rings (SSSR count). The van der Waals surface area contributed by atoms with E-state index in [2.05, 4.69) is 16.8 Å². The van der Waals surface area contributed by atoms with Gasteiger partial charge < -0.3 is 4.90 Å². The fourth-order valence-electron chi connectivity index (χ4n) is 2.33. The van der Waals surface area contributed by atoms with Crippen LogP contribution in [0.25, 0.3) is 0 Å². The van der Waals surface area contributed by atoms with E-state index < -0.39 is 11.7 Å². The third-order valence-corrected chi connectivity index (χ3v) is 3.54. The normalized spacial score (nSPS) is 17.6. The second-order valence-corrected chi connectivity index (χ2v) is 5.25. The molecule has 1 saturated heterocycles. The lowest BCUT2D eigenvalue weighted by atomic mass is 10.2. The zero-order valence-corrected chi connectivity index (χ0v) is 12.0. The van der Waals surface area contributed by atoms with Crippen LogP contribution < -0.4 is 4.90 Å². The van der Waals surface area contributed by atoms with Crippen LogP contribution in [0.15, 0.2) is 12.1 Å². The average Bonchev–Trinajstić information content (AvgIpc) is 2.38. The number of anilines is 1. The van der Waals surface area contributed by atoms with Gasteiger partial charge in [-0.25, -0.2) is 4.98 Å². The topological polar surface area (TPSA) is 19.4 Å². The first-order valence-electron chi connectivity index (χ1n) is 6.62. The Balaban J connectivity index is 2.12. The van der Waals surface area contributed by atoms with Crippen LogP contribution in [0, 0.1) is 0 Å². The van der Waals surface area contributed by atoms with E-state index in [-0.39, 0.29) is 5.15 Å². The first kappa shape index (κ1) is 15.4. The SMILES string of the molecule is CCCN1CCN(c2cc(C(F)(F)F)cc(Cl)n2)CC1. The van der Waals surface area contributed by atoms with Crippen LogP contribution in [0.3, 0.4) is 0 Å². The molecule has 1 fully saturated rings. The number of piperazine rings is 1. The highest BCUT2D eigenvalue weighted by Gasteiger charge is 2.32. The summed E-state index contributed by atoms with van der Waals surface area (Å²) in [6.45, 7) is 6.15. The Morgan fingerprint density at radius 2 is 1.85 bits per heavy atom. The summed E-state index contributed by atoms with van der Waals surface area (Å²) in [5.41, 5.74) is -0.747. The van der Waals surface area contributed by atoms with E-state index in [1.807, 2.05) is 4.90 Å². The molecule has 1 aromatic heterocycles. The zero-order chi connectivity index (χ0) is 14.8. The van der Waals surface area contributed by atoms with Crippen molar-refractivity contribution in [3.63, 3.8) is 0 Å². The van der Waals surface area contributed by atoms with Crippen LogP contribution in [0.1, 0.15) is 18.9 Å². The first-order chi connectivity index (χ1) is 9.40. The Morgan fingerprint density at radius 3 is 2.40 bits per heavy atom. The molecular weight excluding hydrogens is 291 g/mol. The minimum Gasteiger partial charge on any atom is -0.354 e. The molecule has 112 valence electrons. The molecule has 1 aliphatic rings. The standard InChI is InChI=1S/C13H17ClF3N3/c1-2-3-19-4-6-20(7-5-19)12-9-10(13(15,16)17)8-11(14)18-12/h8-9H,2-7H2,1H3. The second kappa shape index (κ2) is 6.18. The Kier molecular flexibility index (Phi) is 4.75. The van der Waals surface area contributed by atoms with E-state index in [0.717, 1.165) is 38.2 Å². The van der Waals surface area contributed by atoms with Gasteiger partial charge in [0.1, 0.15) is 11.0 Å². The van der Waals surface area contributed by atoms with Crippen LogP contribution in [0.4, 0.5) is 19.0 Å². The van der Waals surface area contributed by atoms with E-state index in [1.54, 1.807) is 0 Å². The Morgan fingerprint density at radius 1 is 1.20 bits per heavy atom. The molecule has 0 bridgehead atoms. The monoisotopic (exact) mass is 307 g/mol. The van der Waals surface area contributed by atoms with Crippen molar-refractivity contribution in [2.24, 2.45) is 0 Å². The molecule has 0 radical (unpaired) electrons. The van der Waals surface area contributed by atoms with Gasteiger partial charge in [-0.3, -0.25) is 4.90 Å². The van der Waals surface area contributed by atoms with E-state index in [4.69, 9.17) is 11.6 Å². The lowest BCUT2D eigenvalue weighted by Crippen LogP contribution is -2.46. The van der Waals surface area contributed by atoms with Gasteiger partial charge in [0, 0.05) is 26.2 Å². The van der Waals surface area contributed by atoms with Crippen molar-refractivity contribution in [3.8, 4) is 0 Å². The summed E-state index contributed by atoms with van der Waals surface area (Å²) >= 11 is 5.71. The molecule has 2 heterocycles. The maximum absolute atomic E-state index is 12.8. The number of aromatic nitrogens is 1. The molecule has 0 saturated carbocycles. The molecule has 0 N–H and O–H groups in total. The van der Waals surface area contributed by atoms with E-state index >= 15 is 0 Å². The highest BCUT2D eigenvalue weighted by Crippen LogP contribution is 2.33. The lowest BCUT2D eigenvalue weighted by molar-refractivity contribution is -0.137. The number of alkyl halides is 3. The summed E-state index contributed by atoms with van der Waals surface area (Å²) in [6, 6.07) is 1.93. The molecule has 1 aliphatic heterocycles. The third-order valence-electron chi connectivity index (χ3n) is 3.34. The second-order valence-electron chi connectivity index (χ2n) is 4.86. The molecule has 1 aromatic rings. The minimum absolute atomic E-state index is 0.120. The summed E-state index contributed by atoms with van der Waals surface area (Å²) in [5.74, 6) is 0.306. The van der Waals surface area contributed by atoms with Gasteiger partial charge in [-0.2, -0.15) is 13.2 Å². The van der Waals surface area contributed by atoms with Crippen molar-refractivity contribution in [2.75, 3.05) is 37.6 Å². The zero-order valence-electron chi connectivity index (χ0n) is 11.3. The van der Waals surface area contributed by atoms with Crippen LogP contribution >= 0.6 is 11.6 Å². The predicted molar refractivity (Wildman–Crippen MR) is 73.2 cm³/mol. The molecule has 20 heavy (non-hydrogen) atoms. The molecule has 0 spiro atoms. The number of rotatable bonds is 3. The van der Waals surface area contributed by atoms with Crippen molar-refractivity contribution >= 4 is 17.4 Å². The Labute approximate surface area is 121 Å². The van der Waals surface area contributed by atoms with Gasteiger partial charge in [0.2, 0.25) is 0 Å². The van der Waals surface area contributed by atoms with Crippen LogP contribution in [-0.4, -0.2) is 42.6 Å². The van der Waals surface area contributed by atoms with Gasteiger partial charge in [0.05, 0.1) is 5.56 Å². The van der Waals surface area contributed by atoms with Gasteiger partial charge in [-0.15, -0.1) is 0 Å². The van der Waals surface area contributed by atoms with Gasteiger partial charge in [-0.1, -0.05) is 18.5 Å². The average molecular weight is 308 g/mol. The molecular formula is C13H17ClF3N3. The van der Waals surface area contributed by atoms with Crippen molar-refractivity contribution < 1.29 is 13.2 Å². The summed E-state index contributed by atoms with van der Waals surface area (Å²) < 4.78 is 38.3. The third kappa shape index (κ3) is 3.76. The van der Waals surface area contributed by atoms with E-state index in [1.165, 1.54) is 0 Å². The quantitative estimate of drug-likeness (QED) is 0.799. The number of hydrogen-bond donors (Lipinski definition) is 0. The molecule has 0 atom stereocenters. The smallest absolute Gasteiger partial charge is 0.354 e. The van der Waals surface area contributed by atoms with Gasteiger partial charge in [0.15, 0.2) is 0 Å². The molecule has 7 heteroatoms. The Bertz CT molecular complexity index is 457. The molecule has 0 unspecified atom stereocenters. The van der Waals surface area contributed by atoms with E-state index in [0.29, 0.717) is 18.9 Å². The minimum atomic E-state index is -4.40. The van der Waals surface area contributed by atoms with Crippen molar-refractivity contribution in [1.29, 1.82) is 0 Å². The number of nitrogens with zero attached hydrogens (tertiary/aromatic N) is 3. The van der Waals surface area contributed by atoms with Crippen LogP contribution in [0.2, 0.25) is 5.15 Å². The van der Waals surface area contributed by atoms with Crippen LogP contribution in [0.5, 0.6) is 0 Å². The van der Waals surface area contributed by atoms with Gasteiger partial charge >= 0.3 is 6.18 Å². The fraction of sp³-hybridized carbons (Fsp3) is 0.615. The summed E-state index contributed by atoms with van der Waals surface area (Å²) in [6.07, 6.45) is -3.32. The predicted octanol–water partition coefficient (Wildman–Crippen LogP) is 3.29. The van der Waals surface area contributed by atoms with E-state index in [9.17, 15) is 13.2 Å². The highest BCUT2D eigenvalue weighted by atomic mass is 35.5. The molecule has 0 aromatic carbocycles. The lowest BCUT2D eigenvalue weighted by Gasteiger charge is -2.35. The van der Waals surface area contributed by atoms with Crippen molar-refractivity contribution in [2.45, 2.75) is 19.5 Å². The highest BCUT2D eigenvalue weighted by molar-refractivity contribution is 6.29. The largest absolute Gasteiger partial charge is 0.416 e. The fourth-order valence-corrected chi connectivity index (χ4v) is 2.53. The summed E-state index contributed by atoms with van der Waals surface area (Å²) in [4.78, 5) is 8.17. The Hall–Kier alpha value is -1.01. The maximum Gasteiger partial charge on any atom is 0.416 e. The number of hydrogen-bond acceptors (Lipinski definition) is 3. The van der Waals surface area contributed by atoms with Gasteiger partial charge in [0.25, 0.3) is 0 Å². The number of halogens is 4. The summed E-state index contributed by atoms with van der Waals surface area (Å²) in [5, 5.41) is -0.120. The van der Waals surface area contributed by atoms with Crippen molar-refractivity contribution in [3.05, 3.63) is 22.8 Å². The molecule has 0 aliphatic carbocycles. The summed E-state index contributed by atoms with van der Waals surface area (Å²) in [7, 11) is 0. The van der Waals surface area contributed by atoms with Crippen molar-refractivity contribution in [1.82, 2.24) is 9.88 Å². The number of pyridine rings is 1. The van der Waals surface area contributed by atoms with Gasteiger partial charge in [-0.05, 0) is 25.1 Å². The maximum atomic E-state index is 12.8. The molecule has 3 nitrogen and oxygen atoms in total.